The molecule has 0 aliphatic rings. The van der Waals surface area contributed by atoms with Crippen LogP contribution in [0.2, 0.25) is 0 Å². The zero-order chi connectivity index (χ0) is 11.8. The lowest BCUT2D eigenvalue weighted by Gasteiger charge is -2.04. The molecule has 6 heteroatoms. The molecular formula is C10H12N4O2. The predicted molar refractivity (Wildman–Crippen MR) is 59.1 cm³/mol. The molecule has 16 heavy (non-hydrogen) atoms. The highest BCUT2D eigenvalue weighted by molar-refractivity contribution is 5.92. The van der Waals surface area contributed by atoms with Crippen LogP contribution in [0, 0.1) is 0 Å². The number of primary amides is 1. The van der Waals surface area contributed by atoms with Crippen molar-refractivity contribution in [3.05, 3.63) is 40.3 Å². The molecule has 6 nitrogen and oxygen atoms in total. The Morgan fingerprint density at radius 1 is 1.44 bits per heavy atom. The van der Waals surface area contributed by atoms with E-state index < -0.39 is 5.91 Å². The molecule has 0 spiro atoms. The Balaban J connectivity index is 2.37. The summed E-state index contributed by atoms with van der Waals surface area (Å²) in [5, 5.41) is 3.38. The van der Waals surface area contributed by atoms with Crippen LogP contribution in [0.15, 0.2) is 29.4 Å². The van der Waals surface area contributed by atoms with Crippen molar-refractivity contribution in [3.63, 3.8) is 0 Å². The van der Waals surface area contributed by atoms with E-state index in [1.54, 1.807) is 24.3 Å². The van der Waals surface area contributed by atoms with Crippen molar-refractivity contribution in [2.45, 2.75) is 6.42 Å². The quantitative estimate of drug-likeness (QED) is 0.342. The van der Waals surface area contributed by atoms with Crippen molar-refractivity contribution in [1.82, 2.24) is 0 Å². The van der Waals surface area contributed by atoms with Crippen molar-refractivity contribution in [3.8, 4) is 5.75 Å². The maximum Gasteiger partial charge on any atom is 0.248 e. The van der Waals surface area contributed by atoms with Gasteiger partial charge in [0.25, 0.3) is 0 Å². The van der Waals surface area contributed by atoms with Crippen LogP contribution in [0.3, 0.4) is 0 Å². The minimum Gasteiger partial charge on any atom is -0.494 e. The van der Waals surface area contributed by atoms with Crippen LogP contribution in [0.1, 0.15) is 16.8 Å². The molecule has 0 atom stereocenters. The van der Waals surface area contributed by atoms with Gasteiger partial charge in [0.05, 0.1) is 6.61 Å². The van der Waals surface area contributed by atoms with E-state index in [2.05, 4.69) is 10.0 Å². The SMILES string of the molecule is [N-]=[N+]=NCCCOc1ccc(C(N)=O)cc1. The third-order valence-electron chi connectivity index (χ3n) is 1.87. The largest absolute Gasteiger partial charge is 0.494 e. The van der Waals surface area contributed by atoms with Crippen molar-refractivity contribution in [2.75, 3.05) is 13.2 Å². The van der Waals surface area contributed by atoms with E-state index in [1.165, 1.54) is 0 Å². The Hall–Kier alpha value is -2.20. The highest BCUT2D eigenvalue weighted by Crippen LogP contribution is 2.11. The van der Waals surface area contributed by atoms with E-state index in [9.17, 15) is 4.79 Å². The van der Waals surface area contributed by atoms with Gasteiger partial charge in [-0.3, -0.25) is 4.79 Å². The number of hydrogen-bond donors (Lipinski definition) is 1. The molecule has 0 aliphatic carbocycles. The predicted octanol–water partition coefficient (Wildman–Crippen LogP) is 1.86. The summed E-state index contributed by atoms with van der Waals surface area (Å²) in [6, 6.07) is 6.55. The summed E-state index contributed by atoms with van der Waals surface area (Å²) in [4.78, 5) is 13.4. The first-order chi connectivity index (χ1) is 7.74. The second-order valence-electron chi connectivity index (χ2n) is 3.05. The number of rotatable bonds is 6. The summed E-state index contributed by atoms with van der Waals surface area (Å²) in [5.74, 6) is 0.195. The van der Waals surface area contributed by atoms with Crippen LogP contribution in [-0.2, 0) is 0 Å². The molecule has 0 radical (unpaired) electrons. The maximum absolute atomic E-state index is 10.8. The molecule has 0 aliphatic heterocycles. The van der Waals surface area contributed by atoms with Crippen LogP contribution >= 0.6 is 0 Å². The monoisotopic (exact) mass is 220 g/mol. The molecule has 1 aromatic rings. The molecule has 0 bridgehead atoms. The molecule has 84 valence electrons. The zero-order valence-corrected chi connectivity index (χ0v) is 8.67. The molecule has 0 unspecified atom stereocenters. The van der Waals surface area contributed by atoms with Gasteiger partial charge in [-0.15, -0.1) is 0 Å². The summed E-state index contributed by atoms with van der Waals surface area (Å²) in [6.07, 6.45) is 0.654. The van der Waals surface area contributed by atoms with E-state index in [-0.39, 0.29) is 0 Å². The smallest absolute Gasteiger partial charge is 0.248 e. The molecule has 0 aromatic heterocycles. The highest BCUT2D eigenvalue weighted by Gasteiger charge is 1.99. The van der Waals surface area contributed by atoms with Gasteiger partial charge >= 0.3 is 0 Å². The van der Waals surface area contributed by atoms with Gasteiger partial charge in [-0.2, -0.15) is 0 Å². The zero-order valence-electron chi connectivity index (χ0n) is 8.67. The number of benzene rings is 1. The number of nitrogens with two attached hydrogens (primary N) is 1. The Bertz CT molecular complexity index is 396. The van der Waals surface area contributed by atoms with Crippen molar-refractivity contribution in [2.24, 2.45) is 10.8 Å². The number of hydrogen-bond acceptors (Lipinski definition) is 3. The van der Waals surface area contributed by atoms with Crippen LogP contribution in [0.5, 0.6) is 5.75 Å². The van der Waals surface area contributed by atoms with Crippen LogP contribution in [0.25, 0.3) is 10.4 Å². The standard InChI is InChI=1S/C10H12N4O2/c11-10(15)8-2-4-9(5-3-8)16-7-1-6-13-14-12/h2-5H,1,6-7H2,(H2,11,15). The Morgan fingerprint density at radius 2 is 2.12 bits per heavy atom. The molecule has 0 saturated heterocycles. The number of carbonyl (C=O) groups excluding carboxylic acids is 1. The number of ether oxygens (including phenoxy) is 1. The second-order valence-corrected chi connectivity index (χ2v) is 3.05. The molecule has 1 amide bonds. The Labute approximate surface area is 92.6 Å². The summed E-state index contributed by atoms with van der Waals surface area (Å²) < 4.78 is 5.35. The lowest BCUT2D eigenvalue weighted by atomic mass is 10.2. The lowest BCUT2D eigenvalue weighted by molar-refractivity contribution is 0.100. The van der Waals surface area contributed by atoms with Crippen LogP contribution in [0.4, 0.5) is 0 Å². The van der Waals surface area contributed by atoms with Gasteiger partial charge in [0, 0.05) is 17.0 Å². The molecular weight excluding hydrogens is 208 g/mol. The average molecular weight is 220 g/mol. The number of amides is 1. The lowest BCUT2D eigenvalue weighted by Crippen LogP contribution is -2.10. The van der Waals surface area contributed by atoms with Gasteiger partial charge in [-0.05, 0) is 36.2 Å². The topological polar surface area (TPSA) is 101 Å². The maximum atomic E-state index is 10.8. The van der Waals surface area contributed by atoms with Gasteiger partial charge in [0.15, 0.2) is 0 Å². The van der Waals surface area contributed by atoms with Gasteiger partial charge in [-0.25, -0.2) is 0 Å². The highest BCUT2D eigenvalue weighted by atomic mass is 16.5. The van der Waals surface area contributed by atoms with Crippen LogP contribution in [-0.4, -0.2) is 19.1 Å². The molecule has 1 aromatic carbocycles. The van der Waals surface area contributed by atoms with Gasteiger partial charge in [0.1, 0.15) is 5.75 Å². The normalized spacial score (nSPS) is 9.25. The van der Waals surface area contributed by atoms with Gasteiger partial charge in [0.2, 0.25) is 5.91 Å². The fraction of sp³-hybridized carbons (Fsp3) is 0.300. The van der Waals surface area contributed by atoms with E-state index in [0.717, 1.165) is 0 Å². The first-order valence-electron chi connectivity index (χ1n) is 4.77. The molecule has 0 fully saturated rings. The third kappa shape index (κ3) is 3.89. The molecule has 0 heterocycles. The third-order valence-corrected chi connectivity index (χ3v) is 1.87. The minimum atomic E-state index is -0.463. The fourth-order valence-electron chi connectivity index (χ4n) is 1.09. The molecule has 2 N–H and O–H groups in total. The van der Waals surface area contributed by atoms with Crippen molar-refractivity contribution >= 4 is 5.91 Å². The summed E-state index contributed by atoms with van der Waals surface area (Å²) >= 11 is 0. The molecule has 0 saturated carbocycles. The van der Waals surface area contributed by atoms with Gasteiger partial charge in [-0.1, -0.05) is 5.11 Å². The second kappa shape index (κ2) is 6.31. The van der Waals surface area contributed by atoms with E-state index in [0.29, 0.717) is 30.9 Å². The minimum absolute atomic E-state index is 0.413. The van der Waals surface area contributed by atoms with E-state index in [1.807, 2.05) is 0 Å². The summed E-state index contributed by atoms with van der Waals surface area (Å²) in [6.45, 7) is 0.880. The summed E-state index contributed by atoms with van der Waals surface area (Å²) in [5.41, 5.74) is 13.6. The van der Waals surface area contributed by atoms with Crippen molar-refractivity contribution in [1.29, 1.82) is 0 Å². The van der Waals surface area contributed by atoms with Crippen molar-refractivity contribution < 1.29 is 9.53 Å². The molecule has 1 rings (SSSR count). The first kappa shape index (κ1) is 11.9. The van der Waals surface area contributed by atoms with Crippen LogP contribution < -0.4 is 10.5 Å². The number of nitrogens with zero attached hydrogens (tertiary/aromatic N) is 3. The van der Waals surface area contributed by atoms with E-state index >= 15 is 0 Å². The fourth-order valence-corrected chi connectivity index (χ4v) is 1.09. The summed E-state index contributed by atoms with van der Waals surface area (Å²) in [7, 11) is 0. The Kier molecular flexibility index (Phi) is 4.69. The Morgan fingerprint density at radius 3 is 2.69 bits per heavy atom. The number of carbonyl (C=O) groups is 1. The average Bonchev–Trinajstić information content (AvgIpc) is 2.29. The van der Waals surface area contributed by atoms with E-state index in [4.69, 9.17) is 16.0 Å². The van der Waals surface area contributed by atoms with Gasteiger partial charge < -0.3 is 10.5 Å². The number of azide groups is 1. The first-order valence-corrected chi connectivity index (χ1v) is 4.77.